The summed E-state index contributed by atoms with van der Waals surface area (Å²) >= 11 is 12.2. The Morgan fingerprint density at radius 2 is 2.05 bits per heavy atom. The van der Waals surface area contributed by atoms with Gasteiger partial charge in [-0.3, -0.25) is 0 Å². The zero-order valence-electron chi connectivity index (χ0n) is 11.3. The number of anilines is 2. The standard InChI is InChI=1S/C13H20Cl2N4/c1-16-12-10(14)7-11(15)13(18-12)17-8-9-5-3-4-6-19(9)2/h7,9H,3-6,8H2,1-2H3,(H2,16,17,18). The Labute approximate surface area is 124 Å². The van der Waals surface area contributed by atoms with E-state index in [9.17, 15) is 0 Å². The van der Waals surface area contributed by atoms with Crippen LogP contribution in [0.15, 0.2) is 6.07 Å². The van der Waals surface area contributed by atoms with Crippen molar-refractivity contribution >= 4 is 34.8 Å². The molecule has 6 heteroatoms. The highest BCUT2D eigenvalue weighted by Crippen LogP contribution is 2.29. The van der Waals surface area contributed by atoms with E-state index in [1.54, 1.807) is 13.1 Å². The summed E-state index contributed by atoms with van der Waals surface area (Å²) in [5.74, 6) is 1.33. The Morgan fingerprint density at radius 1 is 1.32 bits per heavy atom. The Balaban J connectivity index is 2.02. The Bertz CT molecular complexity index is 439. The van der Waals surface area contributed by atoms with Crippen LogP contribution in [0.4, 0.5) is 11.6 Å². The number of likely N-dealkylation sites (tertiary alicyclic amines) is 1. The van der Waals surface area contributed by atoms with E-state index in [1.165, 1.54) is 19.3 Å². The summed E-state index contributed by atoms with van der Waals surface area (Å²) < 4.78 is 0. The summed E-state index contributed by atoms with van der Waals surface area (Å²) in [6.07, 6.45) is 3.80. The van der Waals surface area contributed by atoms with Crippen molar-refractivity contribution in [2.45, 2.75) is 25.3 Å². The van der Waals surface area contributed by atoms with Crippen molar-refractivity contribution in [2.75, 3.05) is 37.8 Å². The van der Waals surface area contributed by atoms with Crippen molar-refractivity contribution in [3.63, 3.8) is 0 Å². The van der Waals surface area contributed by atoms with Gasteiger partial charge in [-0.15, -0.1) is 0 Å². The zero-order valence-corrected chi connectivity index (χ0v) is 12.9. The van der Waals surface area contributed by atoms with Gasteiger partial charge in [-0.25, -0.2) is 4.98 Å². The largest absolute Gasteiger partial charge is 0.372 e. The highest BCUT2D eigenvalue weighted by Gasteiger charge is 2.19. The molecule has 106 valence electrons. The maximum absolute atomic E-state index is 6.16. The number of pyridine rings is 1. The topological polar surface area (TPSA) is 40.2 Å². The van der Waals surface area contributed by atoms with Gasteiger partial charge in [0, 0.05) is 19.6 Å². The minimum atomic E-state index is 0.535. The fourth-order valence-corrected chi connectivity index (χ4v) is 2.90. The molecule has 1 aromatic heterocycles. The van der Waals surface area contributed by atoms with Crippen LogP contribution in [0.25, 0.3) is 0 Å². The number of nitrogens with zero attached hydrogens (tertiary/aromatic N) is 2. The van der Waals surface area contributed by atoms with Crippen LogP contribution in [0, 0.1) is 0 Å². The molecule has 0 amide bonds. The molecule has 19 heavy (non-hydrogen) atoms. The van der Waals surface area contributed by atoms with Gasteiger partial charge in [-0.05, 0) is 32.5 Å². The number of hydrogen-bond acceptors (Lipinski definition) is 4. The highest BCUT2D eigenvalue weighted by atomic mass is 35.5. The summed E-state index contributed by atoms with van der Waals surface area (Å²) in [5.41, 5.74) is 0. The Hall–Kier alpha value is -0.710. The number of aromatic nitrogens is 1. The molecule has 1 saturated heterocycles. The Kier molecular flexibility index (Phi) is 5.13. The average molecular weight is 303 g/mol. The van der Waals surface area contributed by atoms with Crippen LogP contribution in [0.5, 0.6) is 0 Å². The van der Waals surface area contributed by atoms with Gasteiger partial charge in [0.15, 0.2) is 0 Å². The van der Waals surface area contributed by atoms with Crippen molar-refractivity contribution in [3.05, 3.63) is 16.1 Å². The summed E-state index contributed by atoms with van der Waals surface area (Å²) in [6.45, 7) is 2.02. The molecule has 4 nitrogen and oxygen atoms in total. The predicted molar refractivity (Wildman–Crippen MR) is 82.6 cm³/mol. The van der Waals surface area contributed by atoms with Gasteiger partial charge in [0.05, 0.1) is 10.0 Å². The maximum atomic E-state index is 6.16. The molecular formula is C13H20Cl2N4. The molecule has 0 bridgehead atoms. The van der Waals surface area contributed by atoms with Crippen molar-refractivity contribution in [1.82, 2.24) is 9.88 Å². The van der Waals surface area contributed by atoms with Crippen LogP contribution in [0.1, 0.15) is 19.3 Å². The maximum Gasteiger partial charge on any atom is 0.147 e. The smallest absolute Gasteiger partial charge is 0.147 e. The number of rotatable bonds is 4. The summed E-state index contributed by atoms with van der Waals surface area (Å²) in [5, 5.41) is 7.38. The molecule has 1 unspecified atom stereocenters. The number of piperidine rings is 1. The zero-order chi connectivity index (χ0) is 13.8. The van der Waals surface area contributed by atoms with E-state index < -0.39 is 0 Å². The van der Waals surface area contributed by atoms with Crippen molar-refractivity contribution in [1.29, 1.82) is 0 Å². The number of likely N-dealkylation sites (N-methyl/N-ethyl adjacent to an activating group) is 1. The van der Waals surface area contributed by atoms with E-state index in [2.05, 4.69) is 27.6 Å². The highest BCUT2D eigenvalue weighted by molar-refractivity contribution is 6.37. The van der Waals surface area contributed by atoms with Crippen molar-refractivity contribution < 1.29 is 0 Å². The first-order chi connectivity index (χ1) is 9.11. The molecule has 1 atom stereocenters. The van der Waals surface area contributed by atoms with Crippen LogP contribution in [0.2, 0.25) is 10.0 Å². The molecule has 0 aromatic carbocycles. The normalized spacial score (nSPS) is 20.3. The first-order valence-electron chi connectivity index (χ1n) is 6.59. The second kappa shape index (κ2) is 6.64. The van der Waals surface area contributed by atoms with E-state index in [0.717, 1.165) is 13.1 Å². The third kappa shape index (κ3) is 3.65. The average Bonchev–Trinajstić information content (AvgIpc) is 2.39. The van der Waals surface area contributed by atoms with E-state index >= 15 is 0 Å². The van der Waals surface area contributed by atoms with Gasteiger partial charge in [-0.1, -0.05) is 29.6 Å². The van der Waals surface area contributed by atoms with E-state index in [0.29, 0.717) is 27.7 Å². The lowest BCUT2D eigenvalue weighted by Crippen LogP contribution is -2.40. The van der Waals surface area contributed by atoms with E-state index in [4.69, 9.17) is 23.2 Å². The van der Waals surface area contributed by atoms with E-state index in [-0.39, 0.29) is 0 Å². The molecule has 0 aliphatic carbocycles. The molecule has 0 saturated carbocycles. The molecular weight excluding hydrogens is 283 g/mol. The first-order valence-corrected chi connectivity index (χ1v) is 7.35. The summed E-state index contributed by atoms with van der Waals surface area (Å²) in [4.78, 5) is 6.78. The quantitative estimate of drug-likeness (QED) is 0.895. The minimum absolute atomic E-state index is 0.535. The minimum Gasteiger partial charge on any atom is -0.372 e. The number of halogens is 2. The summed E-state index contributed by atoms with van der Waals surface area (Å²) in [7, 11) is 3.96. The third-order valence-electron chi connectivity index (χ3n) is 3.59. The molecule has 1 aliphatic heterocycles. The van der Waals surface area contributed by atoms with Crippen molar-refractivity contribution in [3.8, 4) is 0 Å². The number of nitrogens with one attached hydrogen (secondary N) is 2. The SMILES string of the molecule is CNc1nc(NCC2CCCCN2C)c(Cl)cc1Cl. The Morgan fingerprint density at radius 3 is 2.74 bits per heavy atom. The second-order valence-corrected chi connectivity index (χ2v) is 5.72. The fraction of sp³-hybridized carbons (Fsp3) is 0.615. The van der Waals surface area contributed by atoms with Crippen LogP contribution >= 0.6 is 23.2 Å². The summed E-state index contributed by atoms with van der Waals surface area (Å²) in [6, 6.07) is 2.26. The van der Waals surface area contributed by atoms with Crippen LogP contribution in [-0.4, -0.2) is 43.1 Å². The monoisotopic (exact) mass is 302 g/mol. The van der Waals surface area contributed by atoms with Gasteiger partial charge >= 0.3 is 0 Å². The third-order valence-corrected chi connectivity index (χ3v) is 4.17. The van der Waals surface area contributed by atoms with E-state index in [1.807, 2.05) is 0 Å². The van der Waals surface area contributed by atoms with Crippen molar-refractivity contribution in [2.24, 2.45) is 0 Å². The predicted octanol–water partition coefficient (Wildman–Crippen LogP) is 3.33. The molecule has 2 N–H and O–H groups in total. The lowest BCUT2D eigenvalue weighted by atomic mass is 10.0. The van der Waals surface area contributed by atoms with Crippen LogP contribution in [-0.2, 0) is 0 Å². The van der Waals surface area contributed by atoms with Crippen LogP contribution in [0.3, 0.4) is 0 Å². The second-order valence-electron chi connectivity index (χ2n) is 4.91. The fourth-order valence-electron chi connectivity index (χ4n) is 2.38. The first kappa shape index (κ1) is 14.7. The van der Waals surface area contributed by atoms with Gasteiger partial charge in [0.25, 0.3) is 0 Å². The molecule has 1 fully saturated rings. The lowest BCUT2D eigenvalue weighted by Gasteiger charge is -2.32. The molecule has 0 spiro atoms. The molecule has 0 radical (unpaired) electrons. The lowest BCUT2D eigenvalue weighted by molar-refractivity contribution is 0.194. The van der Waals surface area contributed by atoms with Gasteiger partial charge in [-0.2, -0.15) is 0 Å². The molecule has 2 rings (SSSR count). The molecule has 2 heterocycles. The molecule has 1 aromatic rings. The molecule has 1 aliphatic rings. The van der Waals surface area contributed by atoms with Gasteiger partial charge < -0.3 is 15.5 Å². The van der Waals surface area contributed by atoms with Gasteiger partial charge in [0.2, 0.25) is 0 Å². The van der Waals surface area contributed by atoms with Crippen LogP contribution < -0.4 is 10.6 Å². The van der Waals surface area contributed by atoms with Gasteiger partial charge in [0.1, 0.15) is 11.6 Å². The number of hydrogen-bond donors (Lipinski definition) is 2.